The largest absolute Gasteiger partial charge is 0.391 e. The van der Waals surface area contributed by atoms with Gasteiger partial charge in [-0.2, -0.15) is 0 Å². The van der Waals surface area contributed by atoms with Crippen LogP contribution >= 0.6 is 0 Å². The first kappa shape index (κ1) is 15.8. The van der Waals surface area contributed by atoms with E-state index in [1.807, 2.05) is 63.2 Å². The molecule has 1 amide bonds. The molecule has 2 aromatic rings. The number of hydrogen-bond donors (Lipinski definition) is 1. The number of benzene rings is 2. The summed E-state index contributed by atoms with van der Waals surface area (Å²) in [7, 11) is 0. The van der Waals surface area contributed by atoms with Crippen molar-refractivity contribution in [3.05, 3.63) is 64.7 Å². The maximum atomic E-state index is 11.8. The van der Waals surface area contributed by atoms with Crippen LogP contribution < -0.4 is 5.32 Å². The van der Waals surface area contributed by atoms with Gasteiger partial charge in [-0.15, -0.1) is 0 Å². The quantitative estimate of drug-likeness (QED) is 0.675. The maximum Gasteiger partial charge on any atom is 0.270 e. The van der Waals surface area contributed by atoms with Gasteiger partial charge in [0, 0.05) is 5.69 Å². The van der Waals surface area contributed by atoms with Gasteiger partial charge < -0.3 is 10.2 Å². The Labute approximate surface area is 130 Å². The third-order valence-electron chi connectivity index (χ3n) is 3.37. The number of carbonyl (C=O) groups is 1. The zero-order valence-corrected chi connectivity index (χ0v) is 13.1. The molecule has 0 aliphatic heterocycles. The predicted molar refractivity (Wildman–Crippen MR) is 89.0 cm³/mol. The summed E-state index contributed by atoms with van der Waals surface area (Å²) in [6, 6.07) is 13.7. The molecule has 0 aliphatic carbocycles. The lowest BCUT2D eigenvalue weighted by Crippen LogP contribution is -2.13. The zero-order valence-electron chi connectivity index (χ0n) is 13.1. The smallest absolute Gasteiger partial charge is 0.270 e. The number of anilines is 1. The summed E-state index contributed by atoms with van der Waals surface area (Å²) in [4.78, 5) is 17.0. The van der Waals surface area contributed by atoms with Crippen molar-refractivity contribution < 1.29 is 9.63 Å². The average Bonchev–Trinajstić information content (AvgIpc) is 2.48. The van der Waals surface area contributed by atoms with Crippen molar-refractivity contribution in [2.24, 2.45) is 5.16 Å². The number of nitrogens with zero attached hydrogens (tertiary/aromatic N) is 1. The third kappa shape index (κ3) is 4.45. The monoisotopic (exact) mass is 296 g/mol. The van der Waals surface area contributed by atoms with E-state index in [-0.39, 0.29) is 5.91 Å². The van der Waals surface area contributed by atoms with Crippen molar-refractivity contribution in [1.82, 2.24) is 0 Å². The Hall–Kier alpha value is -2.62. The van der Waals surface area contributed by atoms with Crippen molar-refractivity contribution in [2.45, 2.75) is 27.4 Å². The van der Waals surface area contributed by atoms with Gasteiger partial charge in [0.1, 0.15) is 12.8 Å². The highest BCUT2D eigenvalue weighted by molar-refractivity contribution is 6.31. The minimum absolute atomic E-state index is 0.309. The second kappa shape index (κ2) is 7.41. The number of hydrogen-bond acceptors (Lipinski definition) is 3. The Morgan fingerprint density at radius 2 is 1.91 bits per heavy atom. The van der Waals surface area contributed by atoms with Gasteiger partial charge in [-0.25, -0.2) is 0 Å². The van der Waals surface area contributed by atoms with Gasteiger partial charge in [0.25, 0.3) is 5.91 Å². The molecule has 1 N–H and O–H groups in total. The summed E-state index contributed by atoms with van der Waals surface area (Å²) < 4.78 is 0. The lowest BCUT2D eigenvalue weighted by atomic mass is 10.1. The van der Waals surface area contributed by atoms with E-state index in [1.54, 1.807) is 0 Å². The van der Waals surface area contributed by atoms with E-state index in [4.69, 9.17) is 4.84 Å². The lowest BCUT2D eigenvalue weighted by Gasteiger charge is -2.07. The average molecular weight is 296 g/mol. The SMILES string of the molecule is Cc1ccc(NC(=O)/C=N\OCc2ccccc2C)c(C)c1. The van der Waals surface area contributed by atoms with Crippen LogP contribution in [0.5, 0.6) is 0 Å². The van der Waals surface area contributed by atoms with Gasteiger partial charge in [0.05, 0.1) is 0 Å². The van der Waals surface area contributed by atoms with Crippen LogP contribution in [-0.4, -0.2) is 12.1 Å². The summed E-state index contributed by atoms with van der Waals surface area (Å²) in [6.07, 6.45) is 1.15. The minimum atomic E-state index is -0.309. The van der Waals surface area contributed by atoms with Crippen LogP contribution in [0.2, 0.25) is 0 Å². The van der Waals surface area contributed by atoms with E-state index < -0.39 is 0 Å². The molecule has 4 nitrogen and oxygen atoms in total. The molecule has 0 atom stereocenters. The highest BCUT2D eigenvalue weighted by Gasteiger charge is 2.02. The summed E-state index contributed by atoms with van der Waals surface area (Å²) >= 11 is 0. The molecule has 114 valence electrons. The van der Waals surface area contributed by atoms with Gasteiger partial charge in [-0.1, -0.05) is 47.1 Å². The first-order valence-electron chi connectivity index (χ1n) is 7.14. The molecule has 0 aliphatic rings. The van der Waals surface area contributed by atoms with E-state index in [9.17, 15) is 4.79 Å². The van der Waals surface area contributed by atoms with Crippen molar-refractivity contribution in [3.8, 4) is 0 Å². The predicted octanol–water partition coefficient (Wildman–Crippen LogP) is 3.75. The highest BCUT2D eigenvalue weighted by Crippen LogP contribution is 2.15. The normalized spacial score (nSPS) is 10.7. The molecule has 0 radical (unpaired) electrons. The van der Waals surface area contributed by atoms with Gasteiger partial charge in [0.2, 0.25) is 0 Å². The standard InChI is InChI=1S/C18H20N2O2/c1-13-8-9-17(15(3)10-13)20-18(21)11-19-22-12-16-7-5-4-6-14(16)2/h4-11H,12H2,1-3H3,(H,20,21)/b19-11-. The third-order valence-corrected chi connectivity index (χ3v) is 3.37. The van der Waals surface area contributed by atoms with E-state index in [0.717, 1.165) is 34.2 Å². The molecule has 0 unspecified atom stereocenters. The Bertz CT molecular complexity index is 693. The fraction of sp³-hybridized carbons (Fsp3) is 0.222. The molecule has 2 rings (SSSR count). The van der Waals surface area contributed by atoms with Crippen LogP contribution in [0.4, 0.5) is 5.69 Å². The fourth-order valence-corrected chi connectivity index (χ4v) is 2.08. The second-order valence-corrected chi connectivity index (χ2v) is 5.24. The number of oxime groups is 1. The molecule has 22 heavy (non-hydrogen) atoms. The summed E-state index contributed by atoms with van der Waals surface area (Å²) in [6.45, 7) is 6.32. The number of amides is 1. The second-order valence-electron chi connectivity index (χ2n) is 5.24. The van der Waals surface area contributed by atoms with Crippen LogP contribution in [0.15, 0.2) is 47.6 Å². The van der Waals surface area contributed by atoms with Gasteiger partial charge in [0.15, 0.2) is 0 Å². The number of carbonyl (C=O) groups excluding carboxylic acids is 1. The Morgan fingerprint density at radius 1 is 1.14 bits per heavy atom. The highest BCUT2D eigenvalue weighted by atomic mass is 16.6. The molecule has 0 aromatic heterocycles. The van der Waals surface area contributed by atoms with Crippen molar-refractivity contribution in [1.29, 1.82) is 0 Å². The van der Waals surface area contributed by atoms with Crippen molar-refractivity contribution >= 4 is 17.8 Å². The van der Waals surface area contributed by atoms with E-state index in [0.29, 0.717) is 6.61 Å². The Morgan fingerprint density at radius 3 is 2.64 bits per heavy atom. The number of aryl methyl sites for hydroxylation is 3. The molecule has 0 fully saturated rings. The van der Waals surface area contributed by atoms with Gasteiger partial charge >= 0.3 is 0 Å². The van der Waals surface area contributed by atoms with E-state index in [1.165, 1.54) is 0 Å². The van der Waals surface area contributed by atoms with Crippen LogP contribution in [0.25, 0.3) is 0 Å². The summed E-state index contributed by atoms with van der Waals surface area (Å²) in [5, 5.41) is 6.49. The molecule has 0 spiro atoms. The molecule has 4 heteroatoms. The fourth-order valence-electron chi connectivity index (χ4n) is 2.08. The first-order valence-corrected chi connectivity index (χ1v) is 7.14. The molecule has 2 aromatic carbocycles. The van der Waals surface area contributed by atoms with Crippen LogP contribution in [-0.2, 0) is 16.2 Å². The van der Waals surface area contributed by atoms with E-state index in [2.05, 4.69) is 10.5 Å². The van der Waals surface area contributed by atoms with Crippen LogP contribution in [0.3, 0.4) is 0 Å². The molecule has 0 saturated heterocycles. The molecule has 0 saturated carbocycles. The van der Waals surface area contributed by atoms with Gasteiger partial charge in [-0.05, 0) is 43.5 Å². The van der Waals surface area contributed by atoms with Crippen LogP contribution in [0.1, 0.15) is 22.3 Å². The lowest BCUT2D eigenvalue weighted by molar-refractivity contribution is -0.110. The molecule has 0 bridgehead atoms. The zero-order chi connectivity index (χ0) is 15.9. The maximum absolute atomic E-state index is 11.8. The van der Waals surface area contributed by atoms with E-state index >= 15 is 0 Å². The van der Waals surface area contributed by atoms with Crippen molar-refractivity contribution in [3.63, 3.8) is 0 Å². The van der Waals surface area contributed by atoms with Gasteiger partial charge in [-0.3, -0.25) is 4.79 Å². The van der Waals surface area contributed by atoms with Crippen LogP contribution in [0, 0.1) is 20.8 Å². The topological polar surface area (TPSA) is 50.7 Å². The Kier molecular flexibility index (Phi) is 5.31. The minimum Gasteiger partial charge on any atom is -0.391 e. The summed E-state index contributed by atoms with van der Waals surface area (Å²) in [5.74, 6) is -0.309. The van der Waals surface area contributed by atoms with Crippen molar-refractivity contribution in [2.75, 3.05) is 5.32 Å². The number of nitrogens with one attached hydrogen (secondary N) is 1. The Balaban J connectivity index is 1.85. The molecule has 0 heterocycles. The summed E-state index contributed by atoms with van der Waals surface area (Å²) in [5.41, 5.74) is 5.14. The molecular formula is C18H20N2O2. The number of rotatable bonds is 5. The first-order chi connectivity index (χ1) is 10.6. The molecular weight excluding hydrogens is 276 g/mol.